The van der Waals surface area contributed by atoms with Gasteiger partial charge in [-0.25, -0.2) is 0 Å². The molecule has 3 unspecified atom stereocenters. The minimum Gasteiger partial charge on any atom is -0.465 e. The standard InChI is InChI=1S/C35H41BrN2O5S/c1-5-7-8-12-19-43-34(42)27-28-32(40)38(26(21-39)24-16-10-9-11-17-24)31(35(28)20-25(36)30(27)44-35)33(41)37(18-6-2)29-22(3)14-13-15-23(29)4/h5-6,9-11,13-17,25-28,30-31,39H,1-2,7-8,12,18-21H2,3-4H3/t25?,26-,27+,28+,30+,31?,35?/m1/s1. The third-order valence-electron chi connectivity index (χ3n) is 9.26. The maximum absolute atomic E-state index is 15.1. The molecule has 3 heterocycles. The lowest BCUT2D eigenvalue weighted by molar-refractivity contribution is -0.154. The number of rotatable bonds is 13. The molecule has 2 aromatic carbocycles. The highest BCUT2D eigenvalue weighted by molar-refractivity contribution is 9.09. The van der Waals surface area contributed by atoms with Crippen molar-refractivity contribution in [1.29, 1.82) is 0 Å². The summed E-state index contributed by atoms with van der Waals surface area (Å²) >= 11 is 5.40. The second-order valence-corrected chi connectivity index (χ2v) is 14.7. The van der Waals surface area contributed by atoms with Gasteiger partial charge in [-0.2, -0.15) is 0 Å². The molecule has 44 heavy (non-hydrogen) atoms. The molecule has 3 aliphatic heterocycles. The monoisotopic (exact) mass is 680 g/mol. The number of ether oxygens (including phenoxy) is 1. The number of halogens is 1. The number of alkyl halides is 1. The molecule has 1 N–H and O–H groups in total. The molecule has 3 aliphatic rings. The zero-order valence-corrected chi connectivity index (χ0v) is 27.8. The second kappa shape index (κ2) is 13.6. The summed E-state index contributed by atoms with van der Waals surface area (Å²) in [6, 6.07) is 13.5. The summed E-state index contributed by atoms with van der Waals surface area (Å²) < 4.78 is 4.90. The number of aliphatic hydroxyl groups excluding tert-OH is 1. The van der Waals surface area contributed by atoms with Crippen LogP contribution in [0.1, 0.15) is 48.4 Å². The number of benzene rings is 2. The number of allylic oxidation sites excluding steroid dienone is 1. The van der Waals surface area contributed by atoms with Crippen LogP contribution in [0.4, 0.5) is 5.69 Å². The summed E-state index contributed by atoms with van der Waals surface area (Å²) in [5.74, 6) is -2.36. The maximum atomic E-state index is 15.1. The largest absolute Gasteiger partial charge is 0.465 e. The van der Waals surface area contributed by atoms with Gasteiger partial charge in [0.2, 0.25) is 5.91 Å². The van der Waals surface area contributed by atoms with E-state index < -0.39 is 34.6 Å². The second-order valence-electron chi connectivity index (χ2n) is 11.9. The highest BCUT2D eigenvalue weighted by Gasteiger charge is 2.76. The molecule has 2 bridgehead atoms. The first-order valence-electron chi connectivity index (χ1n) is 15.3. The van der Waals surface area contributed by atoms with E-state index in [0.717, 1.165) is 35.2 Å². The van der Waals surface area contributed by atoms with Crippen molar-refractivity contribution in [3.63, 3.8) is 0 Å². The van der Waals surface area contributed by atoms with Gasteiger partial charge in [0.05, 0.1) is 35.8 Å². The Morgan fingerprint density at radius 2 is 1.84 bits per heavy atom. The number of nitrogens with zero attached hydrogens (tertiary/aromatic N) is 2. The van der Waals surface area contributed by atoms with Crippen LogP contribution in [0.25, 0.3) is 0 Å². The molecule has 7 nitrogen and oxygen atoms in total. The van der Waals surface area contributed by atoms with Gasteiger partial charge in [0.1, 0.15) is 6.04 Å². The molecule has 5 rings (SSSR count). The molecule has 0 aromatic heterocycles. The molecule has 0 saturated carbocycles. The number of hydrogen-bond donors (Lipinski definition) is 1. The smallest absolute Gasteiger partial charge is 0.310 e. The Balaban J connectivity index is 1.60. The fraction of sp³-hybridized carbons (Fsp3) is 0.457. The van der Waals surface area contributed by atoms with Gasteiger partial charge in [-0.15, -0.1) is 24.9 Å². The maximum Gasteiger partial charge on any atom is 0.310 e. The quantitative estimate of drug-likeness (QED) is 0.122. The summed E-state index contributed by atoms with van der Waals surface area (Å²) in [5.41, 5.74) is 3.39. The van der Waals surface area contributed by atoms with Crippen molar-refractivity contribution in [2.24, 2.45) is 11.8 Å². The van der Waals surface area contributed by atoms with Gasteiger partial charge in [0.25, 0.3) is 5.91 Å². The van der Waals surface area contributed by atoms with Crippen molar-refractivity contribution in [2.75, 3.05) is 24.7 Å². The third kappa shape index (κ3) is 5.56. The molecule has 9 heteroatoms. The number of aryl methyl sites for hydroxylation is 2. The predicted octanol–water partition coefficient (Wildman–Crippen LogP) is 5.92. The Kier molecular flexibility index (Phi) is 10.1. The normalized spacial score (nSPS) is 27.6. The lowest BCUT2D eigenvalue weighted by atomic mass is 9.71. The van der Waals surface area contributed by atoms with Gasteiger partial charge in [0, 0.05) is 22.3 Å². The van der Waals surface area contributed by atoms with Crippen molar-refractivity contribution in [3.8, 4) is 0 Å². The lowest BCUT2D eigenvalue weighted by Gasteiger charge is -2.40. The van der Waals surface area contributed by atoms with Crippen LogP contribution in [0.2, 0.25) is 0 Å². The molecule has 3 fully saturated rings. The number of amides is 2. The average molecular weight is 682 g/mol. The van der Waals surface area contributed by atoms with Crippen LogP contribution < -0.4 is 4.90 Å². The van der Waals surface area contributed by atoms with E-state index in [2.05, 4.69) is 29.1 Å². The molecule has 2 aromatic rings. The average Bonchev–Trinajstić information content (AvgIpc) is 3.60. The summed E-state index contributed by atoms with van der Waals surface area (Å²) in [5, 5.41) is 10.6. The minimum atomic E-state index is -0.920. The van der Waals surface area contributed by atoms with Crippen molar-refractivity contribution >= 4 is 51.2 Å². The lowest BCUT2D eigenvalue weighted by Crippen LogP contribution is -2.56. The first-order valence-corrected chi connectivity index (χ1v) is 17.1. The number of esters is 1. The number of thioether (sulfide) groups is 1. The van der Waals surface area contributed by atoms with E-state index in [4.69, 9.17) is 4.74 Å². The number of carbonyl (C=O) groups excluding carboxylic acids is 3. The molecular weight excluding hydrogens is 640 g/mol. The van der Waals surface area contributed by atoms with Gasteiger partial charge in [0.15, 0.2) is 0 Å². The van der Waals surface area contributed by atoms with Crippen molar-refractivity contribution in [1.82, 2.24) is 4.90 Å². The summed E-state index contributed by atoms with van der Waals surface area (Å²) in [4.78, 5) is 46.8. The zero-order valence-electron chi connectivity index (χ0n) is 25.4. The number of unbranched alkanes of at least 4 members (excludes halogenated alkanes) is 2. The number of aliphatic hydroxyl groups is 1. The zero-order chi connectivity index (χ0) is 31.6. The van der Waals surface area contributed by atoms with E-state index in [1.807, 2.05) is 68.5 Å². The molecule has 3 saturated heterocycles. The number of fused-ring (bicyclic) bond motifs is 1. The van der Waals surface area contributed by atoms with E-state index in [-0.39, 0.29) is 41.6 Å². The SMILES string of the molecule is C=CCCCCOC(=O)[C@H]1[C@H]2C(=O)N([C@H](CO)c3ccccc3)C(C(=O)N(CC=C)c3c(C)cccc3C)C23CC(Br)[C@@H]1S3. The van der Waals surface area contributed by atoms with Crippen molar-refractivity contribution < 1.29 is 24.2 Å². The number of carbonyl (C=O) groups is 3. The molecule has 0 radical (unpaired) electrons. The summed E-state index contributed by atoms with van der Waals surface area (Å²) in [6.45, 7) is 11.8. The summed E-state index contributed by atoms with van der Waals surface area (Å²) in [7, 11) is 0. The van der Waals surface area contributed by atoms with E-state index >= 15 is 4.79 Å². The Labute approximate surface area is 272 Å². The highest BCUT2D eigenvalue weighted by Crippen LogP contribution is 2.68. The van der Waals surface area contributed by atoms with Gasteiger partial charge < -0.3 is 19.6 Å². The Bertz CT molecular complexity index is 1400. The van der Waals surface area contributed by atoms with Gasteiger partial charge in [-0.1, -0.05) is 76.6 Å². The Morgan fingerprint density at radius 3 is 2.48 bits per heavy atom. The van der Waals surface area contributed by atoms with Crippen molar-refractivity contribution in [2.45, 2.75) is 66.4 Å². The Hall–Kier alpha value is -2.88. The fourth-order valence-electron chi connectivity index (χ4n) is 7.44. The Morgan fingerprint density at radius 1 is 1.14 bits per heavy atom. The number of anilines is 1. The first kappa shape index (κ1) is 32.5. The molecular formula is C35H41BrN2O5S. The van der Waals surface area contributed by atoms with Gasteiger partial charge >= 0.3 is 5.97 Å². The van der Waals surface area contributed by atoms with Crippen LogP contribution in [0.5, 0.6) is 0 Å². The van der Waals surface area contributed by atoms with Gasteiger partial charge in [-0.3, -0.25) is 14.4 Å². The fourth-order valence-corrected chi connectivity index (χ4v) is 11.0. The number of likely N-dealkylation sites (tertiary alicyclic amines) is 1. The number of hydrogen-bond acceptors (Lipinski definition) is 6. The predicted molar refractivity (Wildman–Crippen MR) is 179 cm³/mol. The minimum absolute atomic E-state index is 0.0810. The summed E-state index contributed by atoms with van der Waals surface area (Å²) in [6.07, 6.45) is 6.49. The van der Waals surface area contributed by atoms with E-state index in [9.17, 15) is 14.7 Å². The van der Waals surface area contributed by atoms with Gasteiger partial charge in [-0.05, 0) is 56.2 Å². The number of para-hydroxylation sites is 1. The van der Waals surface area contributed by atoms with E-state index in [0.29, 0.717) is 12.8 Å². The van der Waals surface area contributed by atoms with Crippen LogP contribution in [0.3, 0.4) is 0 Å². The van der Waals surface area contributed by atoms with Crippen molar-refractivity contribution in [3.05, 3.63) is 90.5 Å². The van der Waals surface area contributed by atoms with Crippen LogP contribution >= 0.6 is 27.7 Å². The molecule has 234 valence electrons. The van der Waals surface area contributed by atoms with Crippen LogP contribution in [0, 0.1) is 25.7 Å². The third-order valence-corrected chi connectivity index (χ3v) is 12.5. The van der Waals surface area contributed by atoms with E-state index in [1.54, 1.807) is 27.6 Å². The first-order chi connectivity index (χ1) is 21.2. The molecule has 7 atom stereocenters. The topological polar surface area (TPSA) is 87.1 Å². The van der Waals surface area contributed by atoms with Crippen LogP contribution in [-0.4, -0.2) is 68.4 Å². The van der Waals surface area contributed by atoms with Crippen LogP contribution in [-0.2, 0) is 19.1 Å². The molecule has 2 amide bonds. The molecule has 1 spiro atoms. The molecule has 0 aliphatic carbocycles. The van der Waals surface area contributed by atoms with E-state index in [1.165, 1.54) is 0 Å². The van der Waals surface area contributed by atoms with Crippen LogP contribution in [0.15, 0.2) is 73.8 Å². The highest BCUT2D eigenvalue weighted by atomic mass is 79.9.